The molecular weight excluding hydrogens is 296 g/mol. The Morgan fingerprint density at radius 2 is 1.78 bits per heavy atom. The molecule has 1 aromatic heterocycles. The van der Waals surface area contributed by atoms with Gasteiger partial charge in [-0.1, -0.05) is 31.1 Å². The van der Waals surface area contributed by atoms with E-state index in [2.05, 4.69) is 10.5 Å². The Labute approximate surface area is 134 Å². The van der Waals surface area contributed by atoms with Crippen molar-refractivity contribution < 1.29 is 19.2 Å². The van der Waals surface area contributed by atoms with E-state index in [1.807, 2.05) is 13.8 Å². The van der Waals surface area contributed by atoms with Crippen molar-refractivity contribution in [1.29, 1.82) is 0 Å². The first-order chi connectivity index (χ1) is 10.8. The molecule has 2 N–H and O–H groups in total. The van der Waals surface area contributed by atoms with E-state index in [0.29, 0.717) is 28.3 Å². The molecule has 0 saturated carbocycles. The van der Waals surface area contributed by atoms with Gasteiger partial charge in [0.05, 0.1) is 11.6 Å². The van der Waals surface area contributed by atoms with Crippen LogP contribution in [0.4, 0.5) is 5.69 Å². The van der Waals surface area contributed by atoms with Crippen LogP contribution in [0.25, 0.3) is 0 Å². The minimum Gasteiger partial charge on any atom is -0.481 e. The molecule has 1 amide bonds. The summed E-state index contributed by atoms with van der Waals surface area (Å²) in [6.07, 6.45) is 0. The zero-order valence-electron chi connectivity index (χ0n) is 13.6. The number of hydrogen-bond acceptors (Lipinski definition) is 4. The van der Waals surface area contributed by atoms with Crippen LogP contribution in [0.5, 0.6) is 0 Å². The van der Waals surface area contributed by atoms with Crippen LogP contribution in [-0.4, -0.2) is 22.1 Å². The molecule has 2 aromatic rings. The van der Waals surface area contributed by atoms with Crippen LogP contribution >= 0.6 is 0 Å². The second kappa shape index (κ2) is 6.64. The van der Waals surface area contributed by atoms with Crippen molar-refractivity contribution in [2.24, 2.45) is 0 Å². The average Bonchev–Trinajstić information content (AvgIpc) is 2.89. The lowest BCUT2D eigenvalue weighted by Gasteiger charge is -2.10. The SMILES string of the molecule is Cc1noc(C(C)C)c1C(=O)Nc1ccc(C(C)C(=O)O)cc1. The molecule has 1 unspecified atom stereocenters. The number of anilines is 1. The summed E-state index contributed by atoms with van der Waals surface area (Å²) in [5, 5.41) is 15.6. The maximum atomic E-state index is 12.4. The van der Waals surface area contributed by atoms with E-state index in [9.17, 15) is 9.59 Å². The second-order valence-corrected chi connectivity index (χ2v) is 5.80. The van der Waals surface area contributed by atoms with Gasteiger partial charge in [0.25, 0.3) is 5.91 Å². The van der Waals surface area contributed by atoms with Crippen molar-refractivity contribution in [3.05, 3.63) is 46.8 Å². The van der Waals surface area contributed by atoms with Crippen LogP contribution in [-0.2, 0) is 4.79 Å². The topological polar surface area (TPSA) is 92.4 Å². The molecular formula is C17H20N2O4. The standard InChI is InChI=1S/C17H20N2O4/c1-9(2)15-14(11(4)19-23-15)16(20)18-13-7-5-12(6-8-13)10(3)17(21)22/h5-10H,1-4H3,(H,18,20)(H,21,22). The van der Waals surface area contributed by atoms with E-state index in [1.165, 1.54) is 0 Å². The number of carboxylic acid groups (broad SMARTS) is 1. The fourth-order valence-electron chi connectivity index (χ4n) is 2.25. The Balaban J connectivity index is 2.18. The van der Waals surface area contributed by atoms with Crippen molar-refractivity contribution in [2.45, 2.75) is 39.5 Å². The average molecular weight is 316 g/mol. The Kier molecular flexibility index (Phi) is 4.83. The number of benzene rings is 1. The Morgan fingerprint density at radius 3 is 2.30 bits per heavy atom. The van der Waals surface area contributed by atoms with E-state index >= 15 is 0 Å². The van der Waals surface area contributed by atoms with Crippen LogP contribution in [0.2, 0.25) is 0 Å². The number of carboxylic acids is 1. The molecule has 1 heterocycles. The van der Waals surface area contributed by atoms with E-state index < -0.39 is 11.9 Å². The number of carbonyl (C=O) groups excluding carboxylic acids is 1. The molecule has 0 aliphatic carbocycles. The Morgan fingerprint density at radius 1 is 1.17 bits per heavy atom. The predicted octanol–water partition coefficient (Wildman–Crippen LogP) is 3.55. The van der Waals surface area contributed by atoms with Crippen LogP contribution in [0, 0.1) is 6.92 Å². The quantitative estimate of drug-likeness (QED) is 0.880. The van der Waals surface area contributed by atoms with Gasteiger partial charge in [-0.25, -0.2) is 0 Å². The zero-order valence-corrected chi connectivity index (χ0v) is 13.6. The number of nitrogens with zero attached hydrogens (tertiary/aromatic N) is 1. The first-order valence-corrected chi connectivity index (χ1v) is 7.41. The third-order valence-electron chi connectivity index (χ3n) is 3.68. The number of aliphatic carboxylic acids is 1. The summed E-state index contributed by atoms with van der Waals surface area (Å²) in [6, 6.07) is 6.76. The molecule has 0 bridgehead atoms. The third-order valence-corrected chi connectivity index (χ3v) is 3.68. The van der Waals surface area contributed by atoms with Gasteiger partial charge in [-0.2, -0.15) is 0 Å². The van der Waals surface area contributed by atoms with Crippen molar-refractivity contribution in [3.8, 4) is 0 Å². The maximum Gasteiger partial charge on any atom is 0.310 e. The van der Waals surface area contributed by atoms with Crippen molar-refractivity contribution >= 4 is 17.6 Å². The van der Waals surface area contributed by atoms with E-state index in [1.54, 1.807) is 38.1 Å². The first kappa shape index (κ1) is 16.7. The van der Waals surface area contributed by atoms with E-state index in [0.717, 1.165) is 0 Å². The van der Waals surface area contributed by atoms with E-state index in [-0.39, 0.29) is 11.8 Å². The molecule has 2 rings (SSSR count). The molecule has 0 aliphatic heterocycles. The summed E-state index contributed by atoms with van der Waals surface area (Å²) in [5.41, 5.74) is 2.26. The minimum absolute atomic E-state index is 0.0516. The fourth-order valence-corrected chi connectivity index (χ4v) is 2.25. The number of hydrogen-bond donors (Lipinski definition) is 2. The normalized spacial score (nSPS) is 12.2. The predicted molar refractivity (Wildman–Crippen MR) is 85.8 cm³/mol. The Hall–Kier alpha value is -2.63. The molecule has 0 saturated heterocycles. The molecule has 1 atom stereocenters. The van der Waals surface area contributed by atoms with Gasteiger partial charge in [-0.15, -0.1) is 0 Å². The highest BCUT2D eigenvalue weighted by molar-refractivity contribution is 6.05. The van der Waals surface area contributed by atoms with Crippen molar-refractivity contribution in [2.75, 3.05) is 5.32 Å². The molecule has 0 spiro atoms. The molecule has 0 fully saturated rings. The number of nitrogens with one attached hydrogen (secondary N) is 1. The first-order valence-electron chi connectivity index (χ1n) is 7.41. The van der Waals surface area contributed by atoms with Crippen LogP contribution in [0.3, 0.4) is 0 Å². The van der Waals surface area contributed by atoms with Gasteiger partial charge in [-0.05, 0) is 31.5 Å². The lowest BCUT2D eigenvalue weighted by molar-refractivity contribution is -0.138. The van der Waals surface area contributed by atoms with Gasteiger partial charge in [-0.3, -0.25) is 9.59 Å². The van der Waals surface area contributed by atoms with Gasteiger partial charge in [0, 0.05) is 11.6 Å². The Bertz CT molecular complexity index is 717. The van der Waals surface area contributed by atoms with E-state index in [4.69, 9.17) is 9.63 Å². The lowest BCUT2D eigenvalue weighted by atomic mass is 10.0. The summed E-state index contributed by atoms with van der Waals surface area (Å²) in [5.74, 6) is -1.16. The van der Waals surface area contributed by atoms with Gasteiger partial charge in [0.2, 0.25) is 0 Å². The summed E-state index contributed by atoms with van der Waals surface area (Å²) in [6.45, 7) is 7.20. The minimum atomic E-state index is -0.886. The molecule has 23 heavy (non-hydrogen) atoms. The molecule has 6 nitrogen and oxygen atoms in total. The number of aromatic nitrogens is 1. The highest BCUT2D eigenvalue weighted by Crippen LogP contribution is 2.24. The summed E-state index contributed by atoms with van der Waals surface area (Å²) >= 11 is 0. The van der Waals surface area contributed by atoms with Crippen LogP contribution in [0.1, 0.15) is 60.0 Å². The molecule has 0 aliphatic rings. The number of aryl methyl sites for hydroxylation is 1. The smallest absolute Gasteiger partial charge is 0.310 e. The fraction of sp³-hybridized carbons (Fsp3) is 0.353. The number of carbonyl (C=O) groups is 2. The van der Waals surface area contributed by atoms with Gasteiger partial charge >= 0.3 is 5.97 Å². The van der Waals surface area contributed by atoms with Gasteiger partial charge in [0.15, 0.2) is 5.76 Å². The maximum absolute atomic E-state index is 12.4. The number of amides is 1. The number of rotatable bonds is 5. The van der Waals surface area contributed by atoms with Gasteiger partial charge in [0.1, 0.15) is 5.56 Å². The highest BCUT2D eigenvalue weighted by Gasteiger charge is 2.22. The molecule has 0 radical (unpaired) electrons. The van der Waals surface area contributed by atoms with Crippen molar-refractivity contribution in [1.82, 2.24) is 5.16 Å². The molecule has 1 aromatic carbocycles. The summed E-state index contributed by atoms with van der Waals surface area (Å²) in [7, 11) is 0. The highest BCUT2D eigenvalue weighted by atomic mass is 16.5. The molecule has 122 valence electrons. The zero-order chi connectivity index (χ0) is 17.1. The second-order valence-electron chi connectivity index (χ2n) is 5.80. The van der Waals surface area contributed by atoms with Gasteiger partial charge < -0.3 is 14.9 Å². The summed E-state index contributed by atoms with van der Waals surface area (Å²) in [4.78, 5) is 23.4. The third kappa shape index (κ3) is 3.59. The lowest BCUT2D eigenvalue weighted by Crippen LogP contribution is -2.15. The van der Waals surface area contributed by atoms with Crippen LogP contribution in [0.15, 0.2) is 28.8 Å². The monoisotopic (exact) mass is 316 g/mol. The molecule has 6 heteroatoms. The van der Waals surface area contributed by atoms with Crippen LogP contribution < -0.4 is 5.32 Å². The van der Waals surface area contributed by atoms with Crippen molar-refractivity contribution in [3.63, 3.8) is 0 Å². The summed E-state index contributed by atoms with van der Waals surface area (Å²) < 4.78 is 5.22. The largest absolute Gasteiger partial charge is 0.481 e.